The van der Waals surface area contributed by atoms with Crippen molar-refractivity contribution in [3.63, 3.8) is 0 Å². The van der Waals surface area contributed by atoms with E-state index in [1.165, 1.54) is 12.1 Å². The highest BCUT2D eigenvalue weighted by molar-refractivity contribution is 5.93. The summed E-state index contributed by atoms with van der Waals surface area (Å²) in [5.74, 6) is -0.554. The fourth-order valence-corrected chi connectivity index (χ4v) is 3.81. The highest BCUT2D eigenvalue weighted by Gasteiger charge is 2.34. The van der Waals surface area contributed by atoms with Gasteiger partial charge in [-0.3, -0.25) is 14.3 Å². The molecule has 3 heterocycles. The maximum Gasteiger partial charge on any atom is 0.312 e. The van der Waals surface area contributed by atoms with Crippen LogP contribution in [-0.4, -0.2) is 20.9 Å². The lowest BCUT2D eigenvalue weighted by Crippen LogP contribution is -2.21. The first-order valence-electron chi connectivity index (χ1n) is 9.09. The van der Waals surface area contributed by atoms with Gasteiger partial charge >= 0.3 is 5.97 Å². The van der Waals surface area contributed by atoms with Crippen molar-refractivity contribution >= 4 is 16.9 Å². The molecule has 1 aliphatic heterocycles. The number of phenolic OH excluding ortho intramolecular Hbond substituents is 1. The van der Waals surface area contributed by atoms with Gasteiger partial charge in [0.05, 0.1) is 12.6 Å². The molecule has 0 bridgehead atoms. The van der Waals surface area contributed by atoms with Crippen LogP contribution in [-0.2, 0) is 11.8 Å². The number of hydrogen-bond donors (Lipinski definition) is 1. The minimum atomic E-state index is -0.424. The topological polar surface area (TPSA) is 94.6 Å². The SMILES string of the molecule is Cn1cc(C2CC(=O)Oc3cc(O)c4c(=O)cc(-c5ccccc5)oc4c32)cn1. The van der Waals surface area contributed by atoms with E-state index >= 15 is 0 Å². The van der Waals surface area contributed by atoms with Crippen LogP contribution in [0.3, 0.4) is 0 Å². The molecule has 1 aliphatic rings. The van der Waals surface area contributed by atoms with Crippen LogP contribution in [0, 0.1) is 0 Å². The van der Waals surface area contributed by atoms with Gasteiger partial charge in [-0.1, -0.05) is 30.3 Å². The molecule has 0 radical (unpaired) electrons. The smallest absolute Gasteiger partial charge is 0.312 e. The fraction of sp³-hybridized carbons (Fsp3) is 0.136. The Kier molecular flexibility index (Phi) is 3.77. The zero-order chi connectivity index (χ0) is 20.1. The number of carbonyl (C=O) groups is 1. The van der Waals surface area contributed by atoms with Crippen LogP contribution in [0.1, 0.15) is 23.5 Å². The molecular formula is C22H16N2O5. The van der Waals surface area contributed by atoms with E-state index in [4.69, 9.17) is 9.15 Å². The van der Waals surface area contributed by atoms with Crippen molar-refractivity contribution in [1.82, 2.24) is 9.78 Å². The van der Waals surface area contributed by atoms with Gasteiger partial charge in [-0.25, -0.2) is 0 Å². The quantitative estimate of drug-likeness (QED) is 0.418. The first-order valence-corrected chi connectivity index (χ1v) is 9.09. The molecule has 1 unspecified atom stereocenters. The van der Waals surface area contributed by atoms with Crippen molar-refractivity contribution in [1.29, 1.82) is 0 Å². The predicted octanol–water partition coefficient (Wildman–Crippen LogP) is 3.34. The van der Waals surface area contributed by atoms with E-state index in [-0.39, 0.29) is 34.3 Å². The molecule has 2 aromatic heterocycles. The van der Waals surface area contributed by atoms with E-state index in [0.717, 1.165) is 11.1 Å². The molecular weight excluding hydrogens is 372 g/mol. The molecule has 1 atom stereocenters. The maximum atomic E-state index is 12.8. The Bertz CT molecular complexity index is 1320. The Balaban J connectivity index is 1.84. The molecule has 0 aliphatic carbocycles. The molecule has 0 saturated heterocycles. The lowest BCUT2D eigenvalue weighted by Gasteiger charge is -2.25. The average Bonchev–Trinajstić information content (AvgIpc) is 3.13. The van der Waals surface area contributed by atoms with Crippen molar-refractivity contribution in [3.8, 4) is 22.8 Å². The molecule has 5 rings (SSSR count). The second-order valence-corrected chi connectivity index (χ2v) is 7.03. The lowest BCUT2D eigenvalue weighted by molar-refractivity contribution is -0.135. The zero-order valence-corrected chi connectivity index (χ0v) is 15.5. The van der Waals surface area contributed by atoms with Crippen molar-refractivity contribution in [2.24, 2.45) is 7.05 Å². The van der Waals surface area contributed by atoms with E-state index in [9.17, 15) is 14.7 Å². The average molecular weight is 388 g/mol. The number of aromatic hydroxyl groups is 1. The molecule has 1 N–H and O–H groups in total. The summed E-state index contributed by atoms with van der Waals surface area (Å²) in [5, 5.41) is 14.7. The number of carbonyl (C=O) groups excluding carboxylic acids is 1. The van der Waals surface area contributed by atoms with Crippen LogP contribution in [0.15, 0.2) is 64.1 Å². The van der Waals surface area contributed by atoms with Crippen LogP contribution >= 0.6 is 0 Å². The molecule has 7 heteroatoms. The molecule has 7 nitrogen and oxygen atoms in total. The molecule has 144 valence electrons. The number of hydrogen-bond acceptors (Lipinski definition) is 6. The molecule has 0 fully saturated rings. The third kappa shape index (κ3) is 2.79. The number of phenols is 1. The van der Waals surface area contributed by atoms with E-state index in [1.807, 2.05) is 36.5 Å². The van der Waals surface area contributed by atoms with Gasteiger partial charge in [0.2, 0.25) is 0 Å². The van der Waals surface area contributed by atoms with Gasteiger partial charge in [0.15, 0.2) is 5.43 Å². The number of benzene rings is 2. The molecule has 2 aromatic carbocycles. The maximum absolute atomic E-state index is 12.8. The largest absolute Gasteiger partial charge is 0.507 e. The number of rotatable bonds is 2. The van der Waals surface area contributed by atoms with Gasteiger partial charge in [-0.05, 0) is 5.56 Å². The molecule has 0 spiro atoms. The summed E-state index contributed by atoms with van der Waals surface area (Å²) in [6.45, 7) is 0. The van der Waals surface area contributed by atoms with Crippen LogP contribution in [0.2, 0.25) is 0 Å². The normalized spacial score (nSPS) is 15.9. The number of nitrogens with zero attached hydrogens (tertiary/aromatic N) is 2. The molecule has 29 heavy (non-hydrogen) atoms. The van der Waals surface area contributed by atoms with E-state index < -0.39 is 11.9 Å². The van der Waals surface area contributed by atoms with Crippen LogP contribution in [0.5, 0.6) is 11.5 Å². The summed E-state index contributed by atoms with van der Waals surface area (Å²) in [7, 11) is 1.79. The Morgan fingerprint density at radius 3 is 2.69 bits per heavy atom. The second-order valence-electron chi connectivity index (χ2n) is 7.03. The second kappa shape index (κ2) is 6.34. The summed E-state index contributed by atoms with van der Waals surface area (Å²) >= 11 is 0. The van der Waals surface area contributed by atoms with Gasteiger partial charge in [0.1, 0.15) is 28.2 Å². The van der Waals surface area contributed by atoms with Crippen LogP contribution in [0.4, 0.5) is 0 Å². The number of aromatic nitrogens is 2. The first kappa shape index (κ1) is 17.2. The Morgan fingerprint density at radius 2 is 1.97 bits per heavy atom. The van der Waals surface area contributed by atoms with Gasteiger partial charge in [0, 0.05) is 42.4 Å². The predicted molar refractivity (Wildman–Crippen MR) is 105 cm³/mol. The third-order valence-corrected chi connectivity index (χ3v) is 5.11. The number of aryl methyl sites for hydroxylation is 1. The molecule has 0 amide bonds. The van der Waals surface area contributed by atoms with Crippen molar-refractivity contribution < 1.29 is 19.1 Å². The van der Waals surface area contributed by atoms with E-state index in [2.05, 4.69) is 5.10 Å². The van der Waals surface area contributed by atoms with Crippen LogP contribution in [0.25, 0.3) is 22.3 Å². The summed E-state index contributed by atoms with van der Waals surface area (Å²) in [6, 6.07) is 11.9. The lowest BCUT2D eigenvalue weighted by atomic mass is 9.86. The summed E-state index contributed by atoms with van der Waals surface area (Å²) in [6.07, 6.45) is 3.56. The van der Waals surface area contributed by atoms with Gasteiger partial charge in [-0.15, -0.1) is 0 Å². The van der Waals surface area contributed by atoms with E-state index in [0.29, 0.717) is 11.3 Å². The minimum absolute atomic E-state index is 0.0651. The first-order chi connectivity index (χ1) is 14.0. The van der Waals surface area contributed by atoms with Crippen molar-refractivity contribution in [2.75, 3.05) is 0 Å². The Morgan fingerprint density at radius 1 is 1.17 bits per heavy atom. The van der Waals surface area contributed by atoms with Gasteiger partial charge in [0.25, 0.3) is 0 Å². The summed E-state index contributed by atoms with van der Waals surface area (Å²) < 4.78 is 13.1. The minimum Gasteiger partial charge on any atom is -0.507 e. The van der Waals surface area contributed by atoms with E-state index in [1.54, 1.807) is 17.9 Å². The van der Waals surface area contributed by atoms with Crippen molar-refractivity contribution in [3.05, 3.63) is 76.2 Å². The van der Waals surface area contributed by atoms with Crippen molar-refractivity contribution in [2.45, 2.75) is 12.3 Å². The molecule has 4 aromatic rings. The Hall–Kier alpha value is -3.87. The van der Waals surface area contributed by atoms with Gasteiger partial charge in [-0.2, -0.15) is 5.10 Å². The Labute approximate surface area is 164 Å². The fourth-order valence-electron chi connectivity index (χ4n) is 3.81. The number of ether oxygens (including phenoxy) is 1. The number of esters is 1. The summed E-state index contributed by atoms with van der Waals surface area (Å²) in [5.41, 5.74) is 1.93. The monoisotopic (exact) mass is 388 g/mol. The third-order valence-electron chi connectivity index (χ3n) is 5.11. The highest BCUT2D eigenvalue weighted by Crippen LogP contribution is 2.45. The number of fused-ring (bicyclic) bond motifs is 3. The van der Waals surface area contributed by atoms with Crippen LogP contribution < -0.4 is 10.2 Å². The zero-order valence-electron chi connectivity index (χ0n) is 15.5. The highest BCUT2D eigenvalue weighted by atomic mass is 16.5. The standard InChI is InChI=1S/C22H16N2O5/c1-24-11-13(10-23-24)14-7-19(27)28-18-9-16(26)21-15(25)8-17(29-22(21)20(14)18)12-5-3-2-4-6-12/h2-6,8-11,14,26H,7H2,1H3. The summed E-state index contributed by atoms with van der Waals surface area (Å²) in [4.78, 5) is 25.0. The van der Waals surface area contributed by atoms with Gasteiger partial charge < -0.3 is 14.3 Å². The molecule has 0 saturated carbocycles.